The summed E-state index contributed by atoms with van der Waals surface area (Å²) in [7, 11) is 1.73. The maximum Gasteiger partial charge on any atom is 0.222 e. The van der Waals surface area contributed by atoms with Crippen LogP contribution in [0.3, 0.4) is 0 Å². The monoisotopic (exact) mass is 232 g/mol. The van der Waals surface area contributed by atoms with E-state index in [4.69, 9.17) is 5.73 Å². The van der Waals surface area contributed by atoms with E-state index in [1.807, 2.05) is 30.3 Å². The minimum atomic E-state index is -0.335. The van der Waals surface area contributed by atoms with Gasteiger partial charge in [-0.05, 0) is 12.0 Å². The number of carbonyl (C=O) groups excluding carboxylic acids is 2. The van der Waals surface area contributed by atoms with Crippen molar-refractivity contribution in [1.29, 1.82) is 0 Å². The fourth-order valence-electron chi connectivity index (χ4n) is 2.44. The molecule has 0 radical (unpaired) electrons. The summed E-state index contributed by atoms with van der Waals surface area (Å²) in [5.74, 6) is -0.561. The van der Waals surface area contributed by atoms with Crippen LogP contribution in [0.2, 0.25) is 0 Å². The topological polar surface area (TPSA) is 63.4 Å². The van der Waals surface area contributed by atoms with Crippen LogP contribution in [-0.2, 0) is 9.59 Å². The largest absolute Gasteiger partial charge is 0.369 e. The minimum Gasteiger partial charge on any atom is -0.369 e. The summed E-state index contributed by atoms with van der Waals surface area (Å²) < 4.78 is 0. The Hall–Kier alpha value is -1.84. The number of nitrogens with two attached hydrogens (primary N) is 1. The lowest BCUT2D eigenvalue weighted by Crippen LogP contribution is -2.44. The quantitative estimate of drug-likeness (QED) is 0.829. The normalized spacial score (nSPS) is 24.8. The van der Waals surface area contributed by atoms with Crippen LogP contribution in [0.25, 0.3) is 0 Å². The van der Waals surface area contributed by atoms with Crippen molar-refractivity contribution in [3.63, 3.8) is 0 Å². The molecule has 4 heteroatoms. The van der Waals surface area contributed by atoms with Gasteiger partial charge in [0.1, 0.15) is 0 Å². The molecule has 1 aliphatic heterocycles. The van der Waals surface area contributed by atoms with Crippen LogP contribution in [-0.4, -0.2) is 23.8 Å². The highest BCUT2D eigenvalue weighted by atomic mass is 16.2. The molecule has 2 N–H and O–H groups in total. The first kappa shape index (κ1) is 11.6. The smallest absolute Gasteiger partial charge is 0.222 e. The lowest BCUT2D eigenvalue weighted by atomic mass is 9.84. The molecule has 1 aliphatic rings. The summed E-state index contributed by atoms with van der Waals surface area (Å²) in [6.45, 7) is 0. The molecule has 1 heterocycles. The Balaban J connectivity index is 2.37. The molecule has 1 saturated heterocycles. The van der Waals surface area contributed by atoms with Crippen molar-refractivity contribution in [2.24, 2.45) is 11.7 Å². The van der Waals surface area contributed by atoms with Crippen molar-refractivity contribution in [2.45, 2.75) is 18.9 Å². The average molecular weight is 232 g/mol. The SMILES string of the molecule is CN1C(=O)CC[C@@H](C(N)=O)[C@H]1c1ccccc1. The lowest BCUT2D eigenvalue weighted by Gasteiger charge is -2.37. The Morgan fingerprint density at radius 3 is 2.59 bits per heavy atom. The molecular weight excluding hydrogens is 216 g/mol. The Morgan fingerprint density at radius 1 is 1.35 bits per heavy atom. The van der Waals surface area contributed by atoms with Crippen LogP contribution in [0.5, 0.6) is 0 Å². The number of amides is 2. The minimum absolute atomic E-state index is 0.0661. The average Bonchev–Trinajstić information content (AvgIpc) is 2.33. The summed E-state index contributed by atoms with van der Waals surface area (Å²) in [6.07, 6.45) is 0.936. The Labute approximate surface area is 100 Å². The van der Waals surface area contributed by atoms with Gasteiger partial charge in [-0.2, -0.15) is 0 Å². The molecular formula is C13H16N2O2. The van der Waals surface area contributed by atoms with E-state index in [1.54, 1.807) is 11.9 Å². The molecule has 2 atom stereocenters. The van der Waals surface area contributed by atoms with Gasteiger partial charge in [-0.25, -0.2) is 0 Å². The van der Waals surface area contributed by atoms with Gasteiger partial charge in [-0.1, -0.05) is 30.3 Å². The number of carbonyl (C=O) groups is 2. The number of hydrogen-bond acceptors (Lipinski definition) is 2. The van der Waals surface area contributed by atoms with E-state index in [2.05, 4.69) is 0 Å². The molecule has 0 unspecified atom stereocenters. The molecule has 90 valence electrons. The molecule has 2 rings (SSSR count). The van der Waals surface area contributed by atoms with E-state index in [1.165, 1.54) is 0 Å². The first-order chi connectivity index (χ1) is 8.11. The van der Waals surface area contributed by atoms with Gasteiger partial charge in [-0.3, -0.25) is 9.59 Å². The number of rotatable bonds is 2. The third-order valence-electron chi connectivity index (χ3n) is 3.37. The van der Waals surface area contributed by atoms with Gasteiger partial charge >= 0.3 is 0 Å². The number of nitrogens with zero attached hydrogens (tertiary/aromatic N) is 1. The van der Waals surface area contributed by atoms with Gasteiger partial charge in [0.25, 0.3) is 0 Å². The predicted octanol–water partition coefficient (Wildman–Crippen LogP) is 1.08. The Morgan fingerprint density at radius 2 is 2.00 bits per heavy atom. The number of likely N-dealkylation sites (tertiary alicyclic amines) is 1. The van der Waals surface area contributed by atoms with Crippen LogP contribution in [0.4, 0.5) is 0 Å². The Kier molecular flexibility index (Phi) is 3.13. The molecule has 2 amide bonds. The highest BCUT2D eigenvalue weighted by Gasteiger charge is 2.37. The van der Waals surface area contributed by atoms with Gasteiger partial charge in [0.15, 0.2) is 0 Å². The van der Waals surface area contributed by atoms with Crippen molar-refractivity contribution in [1.82, 2.24) is 4.90 Å². The van der Waals surface area contributed by atoms with Crippen LogP contribution >= 0.6 is 0 Å². The number of piperidine rings is 1. The second-order valence-corrected chi connectivity index (χ2v) is 4.41. The fraction of sp³-hybridized carbons (Fsp3) is 0.385. The fourth-order valence-corrected chi connectivity index (χ4v) is 2.44. The molecule has 0 aliphatic carbocycles. The summed E-state index contributed by atoms with van der Waals surface area (Å²) in [6, 6.07) is 9.34. The first-order valence-corrected chi connectivity index (χ1v) is 5.71. The van der Waals surface area contributed by atoms with Gasteiger partial charge in [-0.15, -0.1) is 0 Å². The maximum atomic E-state index is 11.7. The van der Waals surface area contributed by atoms with E-state index < -0.39 is 0 Å². The van der Waals surface area contributed by atoms with Crippen LogP contribution < -0.4 is 5.73 Å². The van der Waals surface area contributed by atoms with Gasteiger partial charge < -0.3 is 10.6 Å². The predicted molar refractivity (Wildman–Crippen MR) is 63.9 cm³/mol. The highest BCUT2D eigenvalue weighted by molar-refractivity contribution is 5.83. The van der Waals surface area contributed by atoms with Crippen molar-refractivity contribution < 1.29 is 9.59 Å². The maximum absolute atomic E-state index is 11.7. The zero-order valence-electron chi connectivity index (χ0n) is 9.80. The zero-order valence-corrected chi connectivity index (χ0v) is 9.80. The van der Waals surface area contributed by atoms with Crippen molar-refractivity contribution in [3.8, 4) is 0 Å². The van der Waals surface area contributed by atoms with Crippen molar-refractivity contribution >= 4 is 11.8 Å². The molecule has 0 bridgehead atoms. The van der Waals surface area contributed by atoms with Crippen LogP contribution in [0.15, 0.2) is 30.3 Å². The molecule has 4 nitrogen and oxygen atoms in total. The summed E-state index contributed by atoms with van der Waals surface area (Å²) >= 11 is 0. The van der Waals surface area contributed by atoms with E-state index in [0.717, 1.165) is 5.56 Å². The lowest BCUT2D eigenvalue weighted by molar-refractivity contribution is -0.140. The van der Waals surface area contributed by atoms with Crippen molar-refractivity contribution in [2.75, 3.05) is 7.05 Å². The first-order valence-electron chi connectivity index (χ1n) is 5.71. The number of benzene rings is 1. The van der Waals surface area contributed by atoms with E-state index in [-0.39, 0.29) is 23.8 Å². The van der Waals surface area contributed by atoms with Crippen LogP contribution in [0, 0.1) is 5.92 Å². The van der Waals surface area contributed by atoms with Gasteiger partial charge in [0, 0.05) is 13.5 Å². The summed E-state index contributed by atoms with van der Waals surface area (Å²) in [4.78, 5) is 24.8. The Bertz CT molecular complexity index is 430. The molecule has 1 aromatic rings. The van der Waals surface area contributed by atoms with Gasteiger partial charge in [0.05, 0.1) is 12.0 Å². The summed E-state index contributed by atoms with van der Waals surface area (Å²) in [5, 5.41) is 0. The molecule has 0 aromatic heterocycles. The highest BCUT2D eigenvalue weighted by Crippen LogP contribution is 2.35. The van der Waals surface area contributed by atoms with Crippen LogP contribution in [0.1, 0.15) is 24.4 Å². The third-order valence-corrected chi connectivity index (χ3v) is 3.37. The number of hydrogen-bond donors (Lipinski definition) is 1. The van der Waals surface area contributed by atoms with Gasteiger partial charge in [0.2, 0.25) is 11.8 Å². The second kappa shape index (κ2) is 4.57. The standard InChI is InChI=1S/C13H16N2O2/c1-15-11(16)8-7-10(13(14)17)12(15)9-5-3-2-4-6-9/h2-6,10,12H,7-8H2,1H3,(H2,14,17)/t10-,12-/m1/s1. The third kappa shape index (κ3) is 2.16. The second-order valence-electron chi connectivity index (χ2n) is 4.41. The number of primary amides is 1. The molecule has 1 fully saturated rings. The molecule has 17 heavy (non-hydrogen) atoms. The molecule has 0 saturated carbocycles. The van der Waals surface area contributed by atoms with Crippen molar-refractivity contribution in [3.05, 3.63) is 35.9 Å². The summed E-state index contributed by atoms with van der Waals surface area (Å²) in [5.41, 5.74) is 6.39. The zero-order chi connectivity index (χ0) is 12.4. The van der Waals surface area contributed by atoms with E-state index >= 15 is 0 Å². The van der Waals surface area contributed by atoms with E-state index in [0.29, 0.717) is 12.8 Å². The van der Waals surface area contributed by atoms with E-state index in [9.17, 15) is 9.59 Å². The molecule has 1 aromatic carbocycles. The molecule has 0 spiro atoms.